The number of carbonyl (C=O) groups excluding carboxylic acids is 1. The lowest BCUT2D eigenvalue weighted by Gasteiger charge is -2.27. The molecule has 0 spiro atoms. The molecular weight excluding hydrogens is 274 g/mol. The Morgan fingerprint density at radius 2 is 2.05 bits per heavy atom. The highest BCUT2D eigenvalue weighted by Gasteiger charge is 2.26. The molecule has 1 aliphatic carbocycles. The predicted molar refractivity (Wildman–Crippen MR) is 77.6 cm³/mol. The van der Waals surface area contributed by atoms with Crippen LogP contribution in [0.3, 0.4) is 0 Å². The summed E-state index contributed by atoms with van der Waals surface area (Å²) in [6.07, 6.45) is 3.57. The maximum absolute atomic E-state index is 13.6. The van der Waals surface area contributed by atoms with Crippen LogP contribution in [0.15, 0.2) is 18.2 Å². The highest BCUT2D eigenvalue weighted by Crippen LogP contribution is 2.23. The molecule has 3 nitrogen and oxygen atoms in total. The summed E-state index contributed by atoms with van der Waals surface area (Å²) >= 11 is 0. The molecule has 1 saturated carbocycles. The first-order valence-electron chi connectivity index (χ1n) is 7.46. The van der Waals surface area contributed by atoms with Gasteiger partial charge in [-0.15, -0.1) is 0 Å². The normalized spacial score (nSPS) is 23.6. The molecule has 1 fully saturated rings. The first-order valence-corrected chi connectivity index (χ1v) is 7.46. The number of hydrogen-bond donors (Lipinski definition) is 2. The zero-order valence-electron chi connectivity index (χ0n) is 12.2. The Bertz CT molecular complexity index is 487. The summed E-state index contributed by atoms with van der Waals surface area (Å²) in [5.74, 6) is -1.29. The van der Waals surface area contributed by atoms with Crippen LogP contribution in [0.5, 0.6) is 0 Å². The largest absolute Gasteiger partial charge is 0.353 e. The molecule has 1 aromatic carbocycles. The van der Waals surface area contributed by atoms with Crippen molar-refractivity contribution in [3.8, 4) is 0 Å². The van der Waals surface area contributed by atoms with E-state index in [-0.39, 0.29) is 35.9 Å². The van der Waals surface area contributed by atoms with E-state index < -0.39 is 11.6 Å². The molecule has 0 radical (unpaired) electrons. The molecule has 21 heavy (non-hydrogen) atoms. The van der Waals surface area contributed by atoms with Crippen LogP contribution in [0.4, 0.5) is 8.78 Å². The SMILES string of the molecule is CC(Cc1c(F)cccc1F)NC(=O)C1CCCC(N)C1. The maximum Gasteiger partial charge on any atom is 0.223 e. The van der Waals surface area contributed by atoms with Crippen molar-refractivity contribution in [3.63, 3.8) is 0 Å². The van der Waals surface area contributed by atoms with E-state index in [2.05, 4.69) is 5.32 Å². The number of carbonyl (C=O) groups is 1. The van der Waals surface area contributed by atoms with Gasteiger partial charge >= 0.3 is 0 Å². The van der Waals surface area contributed by atoms with Crippen LogP contribution in [0, 0.1) is 17.6 Å². The van der Waals surface area contributed by atoms with Crippen LogP contribution < -0.4 is 11.1 Å². The van der Waals surface area contributed by atoms with Gasteiger partial charge in [0.25, 0.3) is 0 Å². The van der Waals surface area contributed by atoms with Crippen LogP contribution in [0.1, 0.15) is 38.2 Å². The first kappa shape index (κ1) is 15.9. The number of nitrogens with one attached hydrogen (secondary N) is 1. The van der Waals surface area contributed by atoms with Gasteiger partial charge in [0.1, 0.15) is 11.6 Å². The minimum atomic E-state index is -0.573. The van der Waals surface area contributed by atoms with Crippen molar-refractivity contribution in [3.05, 3.63) is 35.4 Å². The molecule has 2 rings (SSSR count). The summed E-state index contributed by atoms with van der Waals surface area (Å²) in [6, 6.07) is 3.55. The van der Waals surface area contributed by atoms with Gasteiger partial charge < -0.3 is 11.1 Å². The van der Waals surface area contributed by atoms with E-state index in [1.165, 1.54) is 18.2 Å². The Kier molecular flexibility index (Phi) is 5.28. The number of nitrogens with two attached hydrogens (primary N) is 1. The van der Waals surface area contributed by atoms with Crippen LogP contribution in [-0.4, -0.2) is 18.0 Å². The minimum Gasteiger partial charge on any atom is -0.353 e. The monoisotopic (exact) mass is 296 g/mol. The second kappa shape index (κ2) is 6.98. The number of halogens is 2. The summed E-state index contributed by atoms with van der Waals surface area (Å²) in [6.45, 7) is 1.76. The average Bonchev–Trinajstić information content (AvgIpc) is 2.43. The number of rotatable bonds is 4. The fraction of sp³-hybridized carbons (Fsp3) is 0.562. The molecule has 116 valence electrons. The zero-order valence-corrected chi connectivity index (χ0v) is 12.2. The number of hydrogen-bond acceptors (Lipinski definition) is 2. The molecule has 0 bridgehead atoms. The molecule has 5 heteroatoms. The van der Waals surface area contributed by atoms with Gasteiger partial charge in [-0.1, -0.05) is 12.5 Å². The first-order chi connectivity index (χ1) is 9.97. The Hall–Kier alpha value is -1.49. The Morgan fingerprint density at radius 1 is 1.38 bits per heavy atom. The van der Waals surface area contributed by atoms with Crippen molar-refractivity contribution >= 4 is 5.91 Å². The van der Waals surface area contributed by atoms with Crippen LogP contribution >= 0.6 is 0 Å². The molecular formula is C16H22F2N2O. The van der Waals surface area contributed by atoms with Gasteiger partial charge in [-0.2, -0.15) is 0 Å². The molecule has 1 aliphatic rings. The van der Waals surface area contributed by atoms with Crippen molar-refractivity contribution in [1.29, 1.82) is 0 Å². The second-order valence-corrected chi connectivity index (χ2v) is 5.94. The minimum absolute atomic E-state index is 0.0191. The van der Waals surface area contributed by atoms with Crippen molar-refractivity contribution in [1.82, 2.24) is 5.32 Å². The summed E-state index contributed by atoms with van der Waals surface area (Å²) in [7, 11) is 0. The predicted octanol–water partition coefficient (Wildman–Crippen LogP) is 2.53. The smallest absolute Gasteiger partial charge is 0.223 e. The van der Waals surface area contributed by atoms with Crippen molar-refractivity contribution < 1.29 is 13.6 Å². The summed E-state index contributed by atoms with van der Waals surface area (Å²) in [5, 5.41) is 2.85. The quantitative estimate of drug-likeness (QED) is 0.897. The van der Waals surface area contributed by atoms with Crippen LogP contribution in [0.2, 0.25) is 0 Å². The highest BCUT2D eigenvalue weighted by molar-refractivity contribution is 5.79. The zero-order chi connectivity index (χ0) is 15.4. The van der Waals surface area contributed by atoms with E-state index in [0.717, 1.165) is 19.3 Å². The van der Waals surface area contributed by atoms with Gasteiger partial charge in [-0.05, 0) is 44.7 Å². The lowest BCUT2D eigenvalue weighted by atomic mass is 9.85. The number of benzene rings is 1. The van der Waals surface area contributed by atoms with Crippen molar-refractivity contribution in [2.75, 3.05) is 0 Å². The van der Waals surface area contributed by atoms with E-state index in [1.807, 2.05) is 0 Å². The molecule has 0 aromatic heterocycles. The van der Waals surface area contributed by atoms with Gasteiger partial charge in [0, 0.05) is 23.6 Å². The topological polar surface area (TPSA) is 55.1 Å². The molecule has 1 amide bonds. The average molecular weight is 296 g/mol. The van der Waals surface area contributed by atoms with Crippen LogP contribution in [-0.2, 0) is 11.2 Å². The molecule has 3 N–H and O–H groups in total. The van der Waals surface area contributed by atoms with E-state index in [0.29, 0.717) is 6.42 Å². The third-order valence-electron chi connectivity index (χ3n) is 4.05. The lowest BCUT2D eigenvalue weighted by molar-refractivity contribution is -0.126. The molecule has 3 atom stereocenters. The summed E-state index contributed by atoms with van der Waals surface area (Å²) in [5.41, 5.74) is 5.90. The Morgan fingerprint density at radius 3 is 2.67 bits per heavy atom. The van der Waals surface area contributed by atoms with Crippen molar-refractivity contribution in [2.45, 2.75) is 51.1 Å². The van der Waals surface area contributed by atoms with Crippen LogP contribution in [0.25, 0.3) is 0 Å². The molecule has 0 saturated heterocycles. The second-order valence-electron chi connectivity index (χ2n) is 5.94. The Balaban J connectivity index is 1.92. The van der Waals surface area contributed by atoms with E-state index >= 15 is 0 Å². The van der Waals surface area contributed by atoms with Crippen molar-refractivity contribution in [2.24, 2.45) is 11.7 Å². The molecule has 1 aromatic rings. The fourth-order valence-electron chi connectivity index (χ4n) is 2.91. The molecule has 0 aliphatic heterocycles. The third kappa shape index (κ3) is 4.24. The summed E-state index contributed by atoms with van der Waals surface area (Å²) in [4.78, 5) is 12.2. The standard InChI is InChI=1S/C16H22F2N2O/c1-10(8-13-14(17)6-3-7-15(13)18)20-16(21)11-4-2-5-12(19)9-11/h3,6-7,10-12H,2,4-5,8-9,19H2,1H3,(H,20,21). The Labute approximate surface area is 123 Å². The van der Waals surface area contributed by atoms with Gasteiger partial charge in [0.05, 0.1) is 0 Å². The van der Waals surface area contributed by atoms with E-state index in [4.69, 9.17) is 5.73 Å². The third-order valence-corrected chi connectivity index (χ3v) is 4.05. The van der Waals surface area contributed by atoms with Gasteiger partial charge in [0.15, 0.2) is 0 Å². The van der Waals surface area contributed by atoms with E-state index in [9.17, 15) is 13.6 Å². The highest BCUT2D eigenvalue weighted by atomic mass is 19.1. The molecule has 0 heterocycles. The lowest BCUT2D eigenvalue weighted by Crippen LogP contribution is -2.42. The number of amides is 1. The van der Waals surface area contributed by atoms with Gasteiger partial charge in [0.2, 0.25) is 5.91 Å². The van der Waals surface area contributed by atoms with Gasteiger partial charge in [-0.3, -0.25) is 4.79 Å². The summed E-state index contributed by atoms with van der Waals surface area (Å²) < 4.78 is 27.2. The maximum atomic E-state index is 13.6. The fourth-order valence-corrected chi connectivity index (χ4v) is 2.91. The van der Waals surface area contributed by atoms with Gasteiger partial charge in [-0.25, -0.2) is 8.78 Å². The van der Waals surface area contributed by atoms with E-state index in [1.54, 1.807) is 6.92 Å². The molecule has 3 unspecified atom stereocenters.